The number of nitriles is 1. The first-order chi connectivity index (χ1) is 11.5. The minimum absolute atomic E-state index is 0.301. The van der Waals surface area contributed by atoms with Crippen LogP contribution in [0.15, 0.2) is 47.5 Å². The number of pyridine rings is 1. The van der Waals surface area contributed by atoms with E-state index in [0.717, 1.165) is 11.3 Å². The Labute approximate surface area is 142 Å². The first-order valence-corrected chi connectivity index (χ1v) is 9.14. The van der Waals surface area contributed by atoms with E-state index in [4.69, 9.17) is 5.26 Å². The SMILES string of the molecule is CCN(CC)S(=O)(=O)c1ccc(CNc2ccc(C#N)nc2)cc1. The highest BCUT2D eigenvalue weighted by atomic mass is 32.2. The number of hydrogen-bond donors (Lipinski definition) is 1. The second-order valence-electron chi connectivity index (χ2n) is 5.13. The largest absolute Gasteiger partial charge is 0.380 e. The molecule has 126 valence electrons. The van der Waals surface area contributed by atoms with E-state index < -0.39 is 10.0 Å². The van der Waals surface area contributed by atoms with Crippen LogP contribution in [0.25, 0.3) is 0 Å². The van der Waals surface area contributed by atoms with Crippen molar-refractivity contribution in [3.05, 3.63) is 53.9 Å². The van der Waals surface area contributed by atoms with E-state index in [1.807, 2.05) is 19.9 Å². The van der Waals surface area contributed by atoms with E-state index in [1.165, 1.54) is 4.31 Å². The van der Waals surface area contributed by atoms with E-state index in [-0.39, 0.29) is 0 Å². The molecule has 0 aliphatic carbocycles. The summed E-state index contributed by atoms with van der Waals surface area (Å²) in [6, 6.07) is 12.2. The molecule has 6 nitrogen and oxygen atoms in total. The lowest BCUT2D eigenvalue weighted by Crippen LogP contribution is -2.30. The summed E-state index contributed by atoms with van der Waals surface area (Å²) in [5.41, 5.74) is 2.12. The monoisotopic (exact) mass is 344 g/mol. The van der Waals surface area contributed by atoms with E-state index in [2.05, 4.69) is 10.3 Å². The van der Waals surface area contributed by atoms with Gasteiger partial charge < -0.3 is 5.32 Å². The van der Waals surface area contributed by atoms with Gasteiger partial charge in [-0.2, -0.15) is 9.57 Å². The molecule has 0 saturated heterocycles. The summed E-state index contributed by atoms with van der Waals surface area (Å²) in [6.45, 7) is 5.09. The molecule has 1 N–H and O–H groups in total. The summed E-state index contributed by atoms with van der Waals surface area (Å²) in [7, 11) is -3.42. The van der Waals surface area contributed by atoms with Gasteiger partial charge in [0.2, 0.25) is 10.0 Å². The van der Waals surface area contributed by atoms with Crippen LogP contribution >= 0.6 is 0 Å². The zero-order chi connectivity index (χ0) is 17.6. The fraction of sp³-hybridized carbons (Fsp3) is 0.294. The summed E-state index contributed by atoms with van der Waals surface area (Å²) in [5, 5.41) is 11.9. The highest BCUT2D eigenvalue weighted by Gasteiger charge is 2.20. The fourth-order valence-corrected chi connectivity index (χ4v) is 3.72. The van der Waals surface area contributed by atoms with Gasteiger partial charge in [-0.3, -0.25) is 0 Å². The highest BCUT2D eigenvalue weighted by Crippen LogP contribution is 2.17. The molecule has 0 fully saturated rings. The zero-order valence-corrected chi connectivity index (χ0v) is 14.5. The smallest absolute Gasteiger partial charge is 0.243 e. The quantitative estimate of drug-likeness (QED) is 0.834. The molecule has 0 unspecified atom stereocenters. The molecule has 1 aromatic heterocycles. The van der Waals surface area contributed by atoms with Crippen LogP contribution in [0.5, 0.6) is 0 Å². The second kappa shape index (κ2) is 7.90. The lowest BCUT2D eigenvalue weighted by atomic mass is 10.2. The number of nitrogens with zero attached hydrogens (tertiary/aromatic N) is 3. The predicted molar refractivity (Wildman–Crippen MR) is 92.8 cm³/mol. The Morgan fingerprint density at radius 2 is 1.79 bits per heavy atom. The van der Waals surface area contributed by atoms with Crippen LogP contribution in [0, 0.1) is 11.3 Å². The lowest BCUT2D eigenvalue weighted by Gasteiger charge is -2.18. The number of hydrogen-bond acceptors (Lipinski definition) is 5. The summed E-state index contributed by atoms with van der Waals surface area (Å²) < 4.78 is 26.3. The van der Waals surface area contributed by atoms with Crippen molar-refractivity contribution in [2.45, 2.75) is 25.3 Å². The van der Waals surface area contributed by atoms with Crippen LogP contribution in [-0.4, -0.2) is 30.8 Å². The van der Waals surface area contributed by atoms with Gasteiger partial charge in [-0.15, -0.1) is 0 Å². The van der Waals surface area contributed by atoms with Crippen LogP contribution in [0.4, 0.5) is 5.69 Å². The highest BCUT2D eigenvalue weighted by molar-refractivity contribution is 7.89. The number of nitrogens with one attached hydrogen (secondary N) is 1. The van der Waals surface area contributed by atoms with Crippen LogP contribution in [0.1, 0.15) is 25.1 Å². The standard InChI is InChI=1S/C17H20N4O2S/c1-3-21(4-2)24(22,23)17-9-5-14(6-10-17)12-19-16-8-7-15(11-18)20-13-16/h5-10,13,19H,3-4,12H2,1-2H3. The Hall–Kier alpha value is -2.43. The predicted octanol–water partition coefficient (Wildman–Crippen LogP) is 2.60. The Kier molecular flexibility index (Phi) is 5.90. The average Bonchev–Trinajstić information content (AvgIpc) is 2.61. The second-order valence-corrected chi connectivity index (χ2v) is 7.07. The summed E-state index contributed by atoms with van der Waals surface area (Å²) in [4.78, 5) is 4.29. The third kappa shape index (κ3) is 4.10. The Bertz CT molecular complexity index is 805. The minimum Gasteiger partial charge on any atom is -0.380 e. The van der Waals surface area contributed by atoms with Gasteiger partial charge in [0.1, 0.15) is 11.8 Å². The normalized spacial score (nSPS) is 11.2. The minimum atomic E-state index is -3.42. The van der Waals surface area contributed by atoms with E-state index in [1.54, 1.807) is 42.6 Å². The van der Waals surface area contributed by atoms with Gasteiger partial charge in [0.25, 0.3) is 0 Å². The van der Waals surface area contributed by atoms with Crippen molar-refractivity contribution < 1.29 is 8.42 Å². The Morgan fingerprint density at radius 1 is 1.12 bits per heavy atom. The number of anilines is 1. The summed E-state index contributed by atoms with van der Waals surface area (Å²) >= 11 is 0. The van der Waals surface area contributed by atoms with Crippen molar-refractivity contribution in [2.24, 2.45) is 0 Å². The molecule has 1 heterocycles. The van der Waals surface area contributed by atoms with Crippen LogP contribution < -0.4 is 5.32 Å². The van der Waals surface area contributed by atoms with Crippen molar-refractivity contribution in [1.82, 2.24) is 9.29 Å². The van der Waals surface area contributed by atoms with Gasteiger partial charge in [0.15, 0.2) is 0 Å². The van der Waals surface area contributed by atoms with Crippen molar-refractivity contribution in [3.63, 3.8) is 0 Å². The van der Waals surface area contributed by atoms with Crippen molar-refractivity contribution in [1.29, 1.82) is 5.26 Å². The molecule has 2 rings (SSSR count). The van der Waals surface area contributed by atoms with Crippen molar-refractivity contribution in [2.75, 3.05) is 18.4 Å². The van der Waals surface area contributed by atoms with Crippen molar-refractivity contribution >= 4 is 15.7 Å². The number of rotatable bonds is 7. The molecule has 0 spiro atoms. The molecule has 0 aliphatic heterocycles. The Balaban J connectivity index is 2.05. The maximum atomic E-state index is 12.4. The molecule has 1 aromatic carbocycles. The first kappa shape index (κ1) is 17.9. The third-order valence-electron chi connectivity index (χ3n) is 3.64. The Morgan fingerprint density at radius 3 is 2.29 bits per heavy atom. The molecular weight excluding hydrogens is 324 g/mol. The molecular formula is C17H20N4O2S. The molecule has 0 radical (unpaired) electrons. The molecule has 7 heteroatoms. The maximum absolute atomic E-state index is 12.4. The summed E-state index contributed by atoms with van der Waals surface area (Å²) in [6.07, 6.45) is 1.59. The fourth-order valence-electron chi connectivity index (χ4n) is 2.26. The number of aromatic nitrogens is 1. The first-order valence-electron chi connectivity index (χ1n) is 7.70. The maximum Gasteiger partial charge on any atom is 0.243 e. The topological polar surface area (TPSA) is 86.1 Å². The van der Waals surface area contributed by atoms with Gasteiger partial charge in [0.05, 0.1) is 16.8 Å². The molecule has 2 aromatic rings. The van der Waals surface area contributed by atoms with Crippen LogP contribution in [-0.2, 0) is 16.6 Å². The molecule has 0 aliphatic rings. The van der Waals surface area contributed by atoms with Gasteiger partial charge in [0, 0.05) is 19.6 Å². The van der Waals surface area contributed by atoms with Crippen LogP contribution in [0.2, 0.25) is 0 Å². The molecule has 0 saturated carbocycles. The molecule has 0 atom stereocenters. The van der Waals surface area contributed by atoms with Gasteiger partial charge in [-0.1, -0.05) is 26.0 Å². The van der Waals surface area contributed by atoms with Gasteiger partial charge in [-0.05, 0) is 29.8 Å². The zero-order valence-electron chi connectivity index (χ0n) is 13.7. The number of benzene rings is 1. The average molecular weight is 344 g/mol. The van der Waals surface area contributed by atoms with Crippen LogP contribution in [0.3, 0.4) is 0 Å². The van der Waals surface area contributed by atoms with E-state index in [0.29, 0.717) is 30.2 Å². The lowest BCUT2D eigenvalue weighted by molar-refractivity contribution is 0.445. The number of sulfonamides is 1. The molecule has 0 amide bonds. The van der Waals surface area contributed by atoms with Gasteiger partial charge >= 0.3 is 0 Å². The third-order valence-corrected chi connectivity index (χ3v) is 5.71. The molecule has 0 bridgehead atoms. The van der Waals surface area contributed by atoms with Crippen molar-refractivity contribution in [3.8, 4) is 6.07 Å². The van der Waals surface area contributed by atoms with E-state index in [9.17, 15) is 8.42 Å². The van der Waals surface area contributed by atoms with Gasteiger partial charge in [-0.25, -0.2) is 13.4 Å². The summed E-state index contributed by atoms with van der Waals surface area (Å²) in [5.74, 6) is 0. The van der Waals surface area contributed by atoms with E-state index >= 15 is 0 Å². The molecule has 24 heavy (non-hydrogen) atoms.